The molecule has 4 nitrogen and oxygen atoms in total. The molecule has 2 rings (SSSR count). The third-order valence-electron chi connectivity index (χ3n) is 6.12. The van der Waals surface area contributed by atoms with Gasteiger partial charge in [-0.25, -0.2) is 0 Å². The Balaban J connectivity index is 2.14. The number of hydrogen-bond acceptors (Lipinski definition) is 2. The number of carbonyl (C=O) groups is 1. The Bertz CT molecular complexity index is 728. The first-order valence-electron chi connectivity index (χ1n) is 11.4. The van der Waals surface area contributed by atoms with Crippen molar-refractivity contribution in [3.05, 3.63) is 28.8 Å². The fourth-order valence-corrected chi connectivity index (χ4v) is 5.16. The second-order valence-electron chi connectivity index (χ2n) is 12.8. The number of amides is 1. The smallest absolute Gasteiger partial charge is 0.220 e. The van der Waals surface area contributed by atoms with Crippen LogP contribution in [0.4, 0.5) is 0 Å². The largest absolute Gasteiger partial charge is 0.507 e. The lowest BCUT2D eigenvalue weighted by Gasteiger charge is -2.43. The zero-order valence-corrected chi connectivity index (χ0v) is 21.0. The van der Waals surface area contributed by atoms with Crippen LogP contribution < -0.4 is 10.6 Å². The summed E-state index contributed by atoms with van der Waals surface area (Å²) < 4.78 is 0. The van der Waals surface area contributed by atoms with Gasteiger partial charge in [-0.05, 0) is 61.6 Å². The number of aromatic hydroxyl groups is 1. The van der Waals surface area contributed by atoms with Crippen molar-refractivity contribution in [2.75, 3.05) is 0 Å². The van der Waals surface area contributed by atoms with Gasteiger partial charge in [-0.15, -0.1) is 0 Å². The van der Waals surface area contributed by atoms with Gasteiger partial charge in [0.05, 0.1) is 11.1 Å². The van der Waals surface area contributed by atoms with Gasteiger partial charge in [0, 0.05) is 25.3 Å². The molecule has 1 fully saturated rings. The van der Waals surface area contributed by atoms with E-state index in [2.05, 4.69) is 92.0 Å². The summed E-state index contributed by atoms with van der Waals surface area (Å²) in [6, 6.07) is 4.39. The third kappa shape index (κ3) is 6.47. The summed E-state index contributed by atoms with van der Waals surface area (Å²) in [5.74, 6) is 0.516. The highest BCUT2D eigenvalue weighted by molar-refractivity contribution is 5.76. The Labute approximate surface area is 184 Å². The van der Waals surface area contributed by atoms with Crippen LogP contribution in [0.3, 0.4) is 0 Å². The number of hydrogen-bond donors (Lipinski definition) is 3. The quantitative estimate of drug-likeness (QED) is 0.683. The monoisotopic (exact) mass is 417 g/mol. The van der Waals surface area contributed by atoms with Crippen LogP contribution in [0.1, 0.15) is 105 Å². The molecule has 30 heavy (non-hydrogen) atoms. The molecule has 1 aromatic rings. The number of nitrogens with two attached hydrogens (primary N) is 1. The molecule has 1 aliphatic rings. The number of nitrogens with one attached hydrogen (secondary N) is 1. The normalized spacial score (nSPS) is 19.5. The maximum absolute atomic E-state index is 12.8. The molecule has 0 atom stereocenters. The van der Waals surface area contributed by atoms with E-state index in [0.717, 1.165) is 29.5 Å². The van der Waals surface area contributed by atoms with Crippen LogP contribution >= 0.6 is 0 Å². The Hall–Kier alpha value is -1.55. The first kappa shape index (κ1) is 24.7. The van der Waals surface area contributed by atoms with E-state index in [1.54, 1.807) is 0 Å². The number of piperidine rings is 1. The molecule has 0 unspecified atom stereocenters. The van der Waals surface area contributed by atoms with Gasteiger partial charge in [-0.2, -0.15) is 0 Å². The molecule has 1 saturated heterocycles. The average molecular weight is 418 g/mol. The van der Waals surface area contributed by atoms with E-state index in [1.165, 1.54) is 0 Å². The van der Waals surface area contributed by atoms with Crippen molar-refractivity contribution in [2.45, 2.75) is 123 Å². The minimum atomic E-state index is -0.155. The van der Waals surface area contributed by atoms with E-state index >= 15 is 0 Å². The maximum Gasteiger partial charge on any atom is 0.220 e. The SMILES string of the molecule is CC1(C)CC(NC(=O)CCc2cc(C(C)(C)C)c(O)c(C(C)(C)C)c2)CC(C)(C)[NH2+]1. The molecule has 4 N–H and O–H groups in total. The number of quaternary nitrogens is 1. The Kier molecular flexibility index (Phi) is 6.74. The Morgan fingerprint density at radius 1 is 1.00 bits per heavy atom. The summed E-state index contributed by atoms with van der Waals surface area (Å²) in [7, 11) is 0. The number of phenols is 1. The number of rotatable bonds is 4. The predicted molar refractivity (Wildman–Crippen MR) is 125 cm³/mol. The van der Waals surface area contributed by atoms with Crippen LogP contribution in [-0.4, -0.2) is 28.1 Å². The zero-order valence-electron chi connectivity index (χ0n) is 21.0. The second-order valence-corrected chi connectivity index (χ2v) is 12.8. The van der Waals surface area contributed by atoms with Crippen LogP contribution in [0, 0.1) is 0 Å². The zero-order chi connectivity index (χ0) is 23.1. The molecule has 0 aromatic heterocycles. The molecule has 1 aromatic carbocycles. The maximum atomic E-state index is 12.8. The van der Waals surface area contributed by atoms with Crippen molar-refractivity contribution in [1.29, 1.82) is 0 Å². The predicted octanol–water partition coefficient (Wildman–Crippen LogP) is 4.32. The molecule has 0 radical (unpaired) electrons. The number of benzene rings is 1. The lowest BCUT2D eigenvalue weighted by molar-refractivity contribution is -0.787. The number of phenolic OH excluding ortho intramolecular Hbond substituents is 1. The molecule has 1 heterocycles. The summed E-state index contributed by atoms with van der Waals surface area (Å²) in [6.07, 6.45) is 3.14. The molecular formula is C26H45N2O2+. The molecule has 0 spiro atoms. The lowest BCUT2D eigenvalue weighted by Crippen LogP contribution is -3.06. The van der Waals surface area contributed by atoms with E-state index in [4.69, 9.17) is 0 Å². The third-order valence-corrected chi connectivity index (χ3v) is 6.12. The lowest BCUT2D eigenvalue weighted by atomic mass is 9.78. The first-order chi connectivity index (χ1) is 13.4. The molecule has 1 aliphatic heterocycles. The number of carbonyl (C=O) groups excluding carboxylic acids is 1. The standard InChI is InChI=1S/C26H44N2O2/c1-23(2,3)19-13-17(14-20(22(19)30)24(4,5)6)11-12-21(29)27-18-15-25(7,8)28-26(9,10)16-18/h13-14,18,28,30H,11-12,15-16H2,1-10H3,(H,27,29)/p+1. The van der Waals surface area contributed by atoms with Gasteiger partial charge >= 0.3 is 0 Å². The molecule has 170 valence electrons. The summed E-state index contributed by atoms with van der Waals surface area (Å²) in [6.45, 7) is 21.7. The van der Waals surface area contributed by atoms with E-state index in [0.29, 0.717) is 18.6 Å². The number of aryl methyl sites for hydroxylation is 1. The molecule has 0 saturated carbocycles. The van der Waals surface area contributed by atoms with E-state index < -0.39 is 0 Å². The van der Waals surface area contributed by atoms with Crippen molar-refractivity contribution in [1.82, 2.24) is 5.32 Å². The van der Waals surface area contributed by atoms with Crippen LogP contribution in [0.2, 0.25) is 0 Å². The topological polar surface area (TPSA) is 65.9 Å². The Morgan fingerprint density at radius 2 is 1.43 bits per heavy atom. The van der Waals surface area contributed by atoms with Gasteiger partial charge in [0.1, 0.15) is 5.75 Å². The minimum Gasteiger partial charge on any atom is -0.507 e. The van der Waals surface area contributed by atoms with E-state index in [9.17, 15) is 9.90 Å². The van der Waals surface area contributed by atoms with Crippen LogP contribution in [0.15, 0.2) is 12.1 Å². The fourth-order valence-electron chi connectivity index (χ4n) is 5.16. The highest BCUT2D eigenvalue weighted by atomic mass is 16.3. The van der Waals surface area contributed by atoms with Gasteiger partial charge in [-0.1, -0.05) is 53.7 Å². The van der Waals surface area contributed by atoms with Gasteiger partial charge < -0.3 is 15.7 Å². The molecular weight excluding hydrogens is 372 g/mol. The second kappa shape index (κ2) is 8.18. The minimum absolute atomic E-state index is 0.121. The molecule has 0 aliphatic carbocycles. The summed E-state index contributed by atoms with van der Waals surface area (Å²) in [5.41, 5.74) is 3.00. The van der Waals surface area contributed by atoms with Crippen LogP contribution in [-0.2, 0) is 22.0 Å². The summed E-state index contributed by atoms with van der Waals surface area (Å²) in [5, 5.41) is 16.6. The summed E-state index contributed by atoms with van der Waals surface area (Å²) >= 11 is 0. The Morgan fingerprint density at radius 3 is 1.83 bits per heavy atom. The molecule has 4 heteroatoms. The van der Waals surface area contributed by atoms with Gasteiger partial charge in [0.25, 0.3) is 0 Å². The average Bonchev–Trinajstić information content (AvgIpc) is 2.48. The fraction of sp³-hybridized carbons (Fsp3) is 0.731. The first-order valence-corrected chi connectivity index (χ1v) is 11.4. The van der Waals surface area contributed by atoms with Gasteiger partial charge in [0.2, 0.25) is 5.91 Å². The van der Waals surface area contributed by atoms with Crippen molar-refractivity contribution >= 4 is 5.91 Å². The molecule has 0 bridgehead atoms. The highest BCUT2D eigenvalue weighted by Gasteiger charge is 2.42. The van der Waals surface area contributed by atoms with E-state index in [1.807, 2.05) is 0 Å². The molecule has 1 amide bonds. The van der Waals surface area contributed by atoms with Crippen molar-refractivity contribution in [2.24, 2.45) is 0 Å². The van der Waals surface area contributed by atoms with Crippen molar-refractivity contribution < 1.29 is 15.2 Å². The van der Waals surface area contributed by atoms with Gasteiger partial charge in [-0.3, -0.25) is 4.79 Å². The van der Waals surface area contributed by atoms with Crippen molar-refractivity contribution in [3.63, 3.8) is 0 Å². The van der Waals surface area contributed by atoms with E-state index in [-0.39, 0.29) is 33.9 Å². The van der Waals surface area contributed by atoms with Crippen molar-refractivity contribution in [3.8, 4) is 5.75 Å². The summed E-state index contributed by atoms with van der Waals surface area (Å²) in [4.78, 5) is 12.8. The van der Waals surface area contributed by atoms with Gasteiger partial charge in [0.15, 0.2) is 0 Å². The highest BCUT2D eigenvalue weighted by Crippen LogP contribution is 2.40. The van der Waals surface area contributed by atoms with Crippen LogP contribution in [0.25, 0.3) is 0 Å². The van der Waals surface area contributed by atoms with Crippen LogP contribution in [0.5, 0.6) is 5.75 Å².